The van der Waals surface area contributed by atoms with Gasteiger partial charge in [0, 0.05) is 11.6 Å². The molecule has 1 aliphatic rings. The number of pyridine rings is 1. The van der Waals surface area contributed by atoms with E-state index in [4.69, 9.17) is 0 Å². The third-order valence-electron chi connectivity index (χ3n) is 2.92. The molecule has 1 aliphatic carbocycles. The molecule has 0 unspecified atom stereocenters. The van der Waals surface area contributed by atoms with Crippen LogP contribution in [0, 0.1) is 17.7 Å². The highest BCUT2D eigenvalue weighted by molar-refractivity contribution is 5.60. The molecule has 2 aromatic rings. The molecule has 85 valence electrons. The van der Waals surface area contributed by atoms with Gasteiger partial charge in [-0.1, -0.05) is 12.1 Å². The number of hydrogen-bond donors (Lipinski definition) is 0. The van der Waals surface area contributed by atoms with Crippen LogP contribution >= 0.6 is 0 Å². The van der Waals surface area contributed by atoms with Crippen LogP contribution in [-0.2, 0) is 0 Å². The van der Waals surface area contributed by atoms with Crippen molar-refractivity contribution in [2.75, 3.05) is 0 Å². The summed E-state index contributed by atoms with van der Waals surface area (Å²) in [6.45, 7) is 0. The van der Waals surface area contributed by atoms with E-state index in [0.717, 1.165) is 17.8 Å². The van der Waals surface area contributed by atoms with Crippen LogP contribution in [0.15, 0.2) is 30.5 Å². The minimum absolute atomic E-state index is 0.197. The van der Waals surface area contributed by atoms with Crippen LogP contribution in [0.1, 0.15) is 24.3 Å². The number of benzene rings is 1. The Morgan fingerprint density at radius 1 is 1.24 bits per heavy atom. The number of nitrogens with zero attached hydrogens (tertiary/aromatic N) is 1. The topological polar surface area (TPSA) is 12.9 Å². The zero-order valence-electron chi connectivity index (χ0n) is 9.08. The molecule has 0 aliphatic heterocycles. The lowest BCUT2D eigenvalue weighted by atomic mass is 10.0. The summed E-state index contributed by atoms with van der Waals surface area (Å²) in [4.78, 5) is 3.81. The summed E-state index contributed by atoms with van der Waals surface area (Å²) in [6.07, 6.45) is 3.37. The van der Waals surface area contributed by atoms with Crippen LogP contribution in [0.5, 0.6) is 0 Å². The van der Waals surface area contributed by atoms with Crippen molar-refractivity contribution >= 4 is 0 Å². The van der Waals surface area contributed by atoms with E-state index in [1.54, 1.807) is 12.1 Å². The molecule has 1 aromatic heterocycles. The fourth-order valence-electron chi connectivity index (χ4n) is 1.89. The molecule has 1 heterocycles. The van der Waals surface area contributed by atoms with Crippen molar-refractivity contribution < 1.29 is 8.78 Å². The summed E-state index contributed by atoms with van der Waals surface area (Å²) in [5, 5.41) is 0. The predicted octanol–water partition coefficient (Wildman–Crippen LogP) is 3.70. The summed E-state index contributed by atoms with van der Waals surface area (Å²) in [5.41, 5.74) is 1.97. The number of hydrogen-bond acceptors (Lipinski definition) is 1. The van der Waals surface area contributed by atoms with Crippen LogP contribution in [0.3, 0.4) is 0 Å². The van der Waals surface area contributed by atoms with E-state index in [1.807, 2.05) is 6.07 Å². The van der Waals surface area contributed by atoms with Crippen LogP contribution in [0.25, 0.3) is 11.3 Å². The minimum Gasteiger partial charge on any atom is -0.250 e. The minimum atomic E-state index is -0.656. The highest BCUT2D eigenvalue weighted by Gasteiger charge is 2.24. The fraction of sp³-hybridized carbons (Fsp3) is 0.214. The molecular weight excluding hydrogens is 220 g/mol. The Morgan fingerprint density at radius 2 is 2.06 bits per heavy atom. The molecule has 0 bridgehead atoms. The van der Waals surface area contributed by atoms with Gasteiger partial charge in [0.1, 0.15) is 11.5 Å². The Labute approximate surface area is 98.1 Å². The van der Waals surface area contributed by atoms with Crippen LogP contribution < -0.4 is 0 Å². The molecule has 1 radical (unpaired) electrons. The number of aromatic nitrogens is 1. The second-order valence-electron chi connectivity index (χ2n) is 4.29. The lowest BCUT2D eigenvalue weighted by molar-refractivity contribution is 0.576. The zero-order chi connectivity index (χ0) is 11.8. The van der Waals surface area contributed by atoms with Crippen molar-refractivity contribution in [1.82, 2.24) is 4.98 Å². The fourth-order valence-corrected chi connectivity index (χ4v) is 1.89. The SMILES string of the molecule is Fc1cnc(-c2cc[c]c(C3CC3)c2)c(F)c1. The van der Waals surface area contributed by atoms with Crippen molar-refractivity contribution in [3.8, 4) is 11.3 Å². The second-order valence-corrected chi connectivity index (χ2v) is 4.29. The lowest BCUT2D eigenvalue weighted by Crippen LogP contribution is -1.92. The average Bonchev–Trinajstić information content (AvgIpc) is 3.13. The Kier molecular flexibility index (Phi) is 2.39. The van der Waals surface area contributed by atoms with Gasteiger partial charge in [0.25, 0.3) is 0 Å². The van der Waals surface area contributed by atoms with Gasteiger partial charge < -0.3 is 0 Å². The molecule has 0 atom stereocenters. The first-order valence-electron chi connectivity index (χ1n) is 5.57. The molecule has 1 fully saturated rings. The average molecular weight is 230 g/mol. The van der Waals surface area contributed by atoms with Gasteiger partial charge in [-0.2, -0.15) is 0 Å². The molecule has 3 rings (SSSR count). The van der Waals surface area contributed by atoms with E-state index in [9.17, 15) is 8.78 Å². The summed E-state index contributed by atoms with van der Waals surface area (Å²) in [5.74, 6) is -0.729. The Balaban J connectivity index is 2.04. The quantitative estimate of drug-likeness (QED) is 0.766. The maximum atomic E-state index is 13.6. The van der Waals surface area contributed by atoms with E-state index in [-0.39, 0.29) is 5.69 Å². The Hall–Kier alpha value is -1.77. The van der Waals surface area contributed by atoms with E-state index in [2.05, 4.69) is 11.1 Å². The molecule has 0 amide bonds. The first-order valence-corrected chi connectivity index (χ1v) is 5.57. The number of halogens is 2. The van der Waals surface area contributed by atoms with E-state index in [1.165, 1.54) is 12.8 Å². The van der Waals surface area contributed by atoms with E-state index < -0.39 is 11.6 Å². The zero-order valence-corrected chi connectivity index (χ0v) is 9.08. The van der Waals surface area contributed by atoms with Crippen LogP contribution in [0.4, 0.5) is 8.78 Å². The molecule has 0 saturated heterocycles. The largest absolute Gasteiger partial charge is 0.250 e. The Morgan fingerprint density at radius 3 is 2.76 bits per heavy atom. The molecule has 1 saturated carbocycles. The highest BCUT2D eigenvalue weighted by atomic mass is 19.1. The monoisotopic (exact) mass is 230 g/mol. The molecule has 0 spiro atoms. The van der Waals surface area contributed by atoms with Crippen molar-refractivity contribution in [3.05, 3.63) is 53.7 Å². The molecular formula is C14H10F2N. The second kappa shape index (κ2) is 3.91. The van der Waals surface area contributed by atoms with Gasteiger partial charge in [-0.15, -0.1) is 0 Å². The smallest absolute Gasteiger partial charge is 0.152 e. The van der Waals surface area contributed by atoms with Gasteiger partial charge in [0.2, 0.25) is 0 Å². The summed E-state index contributed by atoms with van der Waals surface area (Å²) >= 11 is 0. The maximum Gasteiger partial charge on any atom is 0.152 e. The van der Waals surface area contributed by atoms with Gasteiger partial charge in [-0.05, 0) is 36.5 Å². The molecule has 1 nitrogen and oxygen atoms in total. The van der Waals surface area contributed by atoms with Crippen LogP contribution in [0.2, 0.25) is 0 Å². The summed E-state index contributed by atoms with van der Waals surface area (Å²) < 4.78 is 26.3. The van der Waals surface area contributed by atoms with Crippen molar-refractivity contribution in [2.45, 2.75) is 18.8 Å². The standard InChI is InChI=1S/C14H10F2N/c15-12-7-13(16)14(17-8-12)11-3-1-2-10(6-11)9-4-5-9/h1,3,6-9H,4-5H2. The van der Waals surface area contributed by atoms with Gasteiger partial charge in [0.15, 0.2) is 5.82 Å². The third kappa shape index (κ3) is 2.05. The predicted molar refractivity (Wildman–Crippen MR) is 60.4 cm³/mol. The number of rotatable bonds is 2. The summed E-state index contributed by atoms with van der Waals surface area (Å²) in [6, 6.07) is 9.41. The normalized spacial score (nSPS) is 14.9. The summed E-state index contributed by atoms with van der Waals surface area (Å²) in [7, 11) is 0. The van der Waals surface area contributed by atoms with Gasteiger partial charge in [-0.3, -0.25) is 4.98 Å². The van der Waals surface area contributed by atoms with Crippen molar-refractivity contribution in [3.63, 3.8) is 0 Å². The highest BCUT2D eigenvalue weighted by Crippen LogP contribution is 2.40. The van der Waals surface area contributed by atoms with Gasteiger partial charge in [-0.25, -0.2) is 8.78 Å². The first-order chi connectivity index (χ1) is 8.24. The van der Waals surface area contributed by atoms with Crippen LogP contribution in [-0.4, -0.2) is 4.98 Å². The van der Waals surface area contributed by atoms with Crippen molar-refractivity contribution in [1.29, 1.82) is 0 Å². The first kappa shape index (κ1) is 10.4. The van der Waals surface area contributed by atoms with Crippen molar-refractivity contribution in [2.24, 2.45) is 0 Å². The van der Waals surface area contributed by atoms with E-state index in [0.29, 0.717) is 11.5 Å². The molecule has 3 heteroatoms. The Bertz CT molecular complexity index is 562. The molecule has 17 heavy (non-hydrogen) atoms. The van der Waals surface area contributed by atoms with Gasteiger partial charge >= 0.3 is 0 Å². The van der Waals surface area contributed by atoms with Gasteiger partial charge in [0.05, 0.1) is 6.20 Å². The third-order valence-corrected chi connectivity index (χ3v) is 2.92. The lowest BCUT2D eigenvalue weighted by Gasteiger charge is -2.04. The van der Waals surface area contributed by atoms with E-state index >= 15 is 0 Å². The molecule has 0 N–H and O–H groups in total. The molecule has 1 aromatic carbocycles. The maximum absolute atomic E-state index is 13.6.